The van der Waals surface area contributed by atoms with Gasteiger partial charge in [0.05, 0.1) is 0 Å². The highest BCUT2D eigenvalue weighted by Gasteiger charge is 2.23. The van der Waals surface area contributed by atoms with Gasteiger partial charge in [-0.15, -0.1) is 0 Å². The molecule has 3 aromatic carbocycles. The first-order valence-electron chi connectivity index (χ1n) is 12.3. The molecule has 0 saturated carbocycles. The Morgan fingerprint density at radius 1 is 0.889 bits per heavy atom. The van der Waals surface area contributed by atoms with Crippen molar-refractivity contribution in [3.63, 3.8) is 0 Å². The van der Waals surface area contributed by atoms with E-state index in [0.717, 1.165) is 30.4 Å². The molecule has 0 aliphatic heterocycles. The number of rotatable bonds is 8. The van der Waals surface area contributed by atoms with Crippen molar-refractivity contribution in [3.05, 3.63) is 135 Å². The Kier molecular flexibility index (Phi) is 6.99. The van der Waals surface area contributed by atoms with E-state index < -0.39 is 5.97 Å². The third-order valence-corrected chi connectivity index (χ3v) is 6.95. The quantitative estimate of drug-likeness (QED) is 0.373. The molecule has 0 saturated heterocycles. The van der Waals surface area contributed by atoms with Crippen LogP contribution in [0, 0.1) is 5.92 Å². The average molecular weight is 480 g/mol. The van der Waals surface area contributed by atoms with E-state index in [4.69, 9.17) is 9.84 Å². The number of carboxylic acids is 1. The molecule has 0 unspecified atom stereocenters. The Labute approximate surface area is 210 Å². The molecule has 1 aliphatic carbocycles. The number of carboxylic acid groups (broad SMARTS) is 1. The summed E-state index contributed by atoms with van der Waals surface area (Å²) in [6.45, 7) is 0.300. The van der Waals surface area contributed by atoms with Crippen LogP contribution in [0.3, 0.4) is 0 Å². The van der Waals surface area contributed by atoms with E-state index in [-0.39, 0.29) is 18.1 Å². The monoisotopic (exact) mass is 479 g/mol. The molecule has 1 N–H and O–H groups in total. The first-order chi connectivity index (χ1) is 17.6. The molecule has 0 radical (unpaired) electrons. The normalized spacial score (nSPS) is 14.9. The Morgan fingerprint density at radius 2 is 1.58 bits per heavy atom. The number of hydrogen-bond donors (Lipinski definition) is 1. The summed E-state index contributed by atoms with van der Waals surface area (Å²) in [6, 6.07) is 30.2. The molecule has 5 heteroatoms. The molecule has 0 fully saturated rings. The van der Waals surface area contributed by atoms with Crippen molar-refractivity contribution in [2.75, 3.05) is 6.61 Å². The van der Waals surface area contributed by atoms with Gasteiger partial charge in [-0.25, -0.2) is 4.79 Å². The highest BCUT2D eigenvalue weighted by atomic mass is 16.5. The van der Waals surface area contributed by atoms with Gasteiger partial charge in [-0.05, 0) is 59.1 Å². The second kappa shape index (κ2) is 10.6. The maximum atomic E-state index is 12.9. The summed E-state index contributed by atoms with van der Waals surface area (Å²) in [5.74, 6) is 0.0262. The summed E-state index contributed by atoms with van der Waals surface area (Å²) in [7, 11) is 0. The van der Waals surface area contributed by atoms with E-state index in [1.807, 2.05) is 41.1 Å². The molecule has 1 aromatic heterocycles. The van der Waals surface area contributed by atoms with E-state index in [2.05, 4.69) is 54.6 Å². The van der Waals surface area contributed by atoms with E-state index >= 15 is 0 Å². The smallest absolute Gasteiger partial charge is 0.341 e. The van der Waals surface area contributed by atoms with Crippen molar-refractivity contribution >= 4 is 5.97 Å². The van der Waals surface area contributed by atoms with Gasteiger partial charge in [-0.2, -0.15) is 0 Å². The Hall–Kier alpha value is -4.12. The third kappa shape index (κ3) is 5.25. The van der Waals surface area contributed by atoms with Crippen LogP contribution in [0.4, 0.5) is 0 Å². The van der Waals surface area contributed by atoms with Gasteiger partial charge >= 0.3 is 5.97 Å². The molecule has 182 valence electrons. The number of nitrogens with zero attached hydrogens (tertiary/aromatic N) is 1. The standard InChI is InChI=1S/C31H29NO4/c33-29-17-15-26(31(23-8-3-1-4-9-23)24-10-5-2-6-11-24)20-32(29)19-22-14-16-27-25(18-22)12-7-13-28(27)36-21-30(34)35/h1-13,15,17,20,22,31H,14,16,18-19,21H2,(H,34,35)/t22-/m0/s1. The van der Waals surface area contributed by atoms with Gasteiger partial charge in [-0.3, -0.25) is 4.79 Å². The summed E-state index contributed by atoms with van der Waals surface area (Å²) in [5.41, 5.74) is 5.73. The van der Waals surface area contributed by atoms with Crippen LogP contribution in [0.25, 0.3) is 0 Å². The second-order valence-corrected chi connectivity index (χ2v) is 9.39. The number of aliphatic carboxylic acids is 1. The molecule has 1 aliphatic rings. The van der Waals surface area contributed by atoms with Gasteiger partial charge in [0.15, 0.2) is 6.61 Å². The van der Waals surface area contributed by atoms with Crippen LogP contribution in [0.2, 0.25) is 0 Å². The fourth-order valence-electron chi connectivity index (χ4n) is 5.29. The summed E-state index contributed by atoms with van der Waals surface area (Å²) < 4.78 is 7.37. The second-order valence-electron chi connectivity index (χ2n) is 9.39. The number of hydrogen-bond acceptors (Lipinski definition) is 3. The summed E-state index contributed by atoms with van der Waals surface area (Å²) in [5, 5.41) is 8.96. The van der Waals surface area contributed by atoms with Crippen molar-refractivity contribution < 1.29 is 14.6 Å². The Bertz CT molecular complexity index is 1360. The van der Waals surface area contributed by atoms with E-state index in [0.29, 0.717) is 18.2 Å². The van der Waals surface area contributed by atoms with Crippen molar-refractivity contribution in [1.82, 2.24) is 4.57 Å². The van der Waals surface area contributed by atoms with Gasteiger partial charge in [0.2, 0.25) is 0 Å². The fourth-order valence-corrected chi connectivity index (χ4v) is 5.29. The minimum Gasteiger partial charge on any atom is -0.482 e. The van der Waals surface area contributed by atoms with Crippen molar-refractivity contribution in [2.24, 2.45) is 5.92 Å². The zero-order chi connectivity index (χ0) is 24.9. The van der Waals surface area contributed by atoms with E-state index in [1.165, 1.54) is 16.7 Å². The Morgan fingerprint density at radius 3 is 2.25 bits per heavy atom. The molecule has 5 rings (SSSR count). The SMILES string of the molecule is O=C(O)COc1cccc2c1CC[C@H](Cn1cc(C(c3ccccc3)c3ccccc3)ccc1=O)C2. The van der Waals surface area contributed by atoms with Gasteiger partial charge in [0.25, 0.3) is 5.56 Å². The molecule has 4 aromatic rings. The number of pyridine rings is 1. The highest BCUT2D eigenvalue weighted by Crippen LogP contribution is 2.34. The molecule has 1 atom stereocenters. The Balaban J connectivity index is 1.40. The van der Waals surface area contributed by atoms with Gasteiger partial charge in [0, 0.05) is 24.7 Å². The lowest BCUT2D eigenvalue weighted by molar-refractivity contribution is -0.139. The largest absolute Gasteiger partial charge is 0.482 e. The number of aromatic nitrogens is 1. The van der Waals surface area contributed by atoms with Crippen LogP contribution in [-0.4, -0.2) is 22.2 Å². The predicted molar refractivity (Wildman–Crippen MR) is 140 cm³/mol. The topological polar surface area (TPSA) is 68.5 Å². The zero-order valence-corrected chi connectivity index (χ0v) is 20.0. The van der Waals surface area contributed by atoms with Gasteiger partial charge < -0.3 is 14.4 Å². The average Bonchev–Trinajstić information content (AvgIpc) is 2.90. The van der Waals surface area contributed by atoms with Gasteiger partial charge in [0.1, 0.15) is 5.75 Å². The van der Waals surface area contributed by atoms with E-state index in [1.54, 1.807) is 6.07 Å². The van der Waals surface area contributed by atoms with Crippen LogP contribution in [0.5, 0.6) is 5.75 Å². The summed E-state index contributed by atoms with van der Waals surface area (Å²) in [4.78, 5) is 23.8. The molecule has 5 nitrogen and oxygen atoms in total. The molecular weight excluding hydrogens is 450 g/mol. The first kappa shape index (κ1) is 23.6. The molecule has 0 bridgehead atoms. The van der Waals surface area contributed by atoms with Crippen LogP contribution >= 0.6 is 0 Å². The van der Waals surface area contributed by atoms with Crippen molar-refractivity contribution in [2.45, 2.75) is 31.7 Å². The number of carbonyl (C=O) groups is 1. The first-order valence-corrected chi connectivity index (χ1v) is 12.3. The minimum absolute atomic E-state index is 0.00274. The maximum Gasteiger partial charge on any atom is 0.341 e. The highest BCUT2D eigenvalue weighted by molar-refractivity contribution is 5.68. The van der Waals surface area contributed by atoms with Crippen molar-refractivity contribution in [3.8, 4) is 5.75 Å². The molecule has 1 heterocycles. The fraction of sp³-hybridized carbons (Fsp3) is 0.226. The molecule has 36 heavy (non-hydrogen) atoms. The van der Waals surface area contributed by atoms with E-state index in [9.17, 15) is 9.59 Å². The zero-order valence-electron chi connectivity index (χ0n) is 20.0. The molecule has 0 amide bonds. The summed E-state index contributed by atoms with van der Waals surface area (Å²) in [6.07, 6.45) is 4.57. The van der Waals surface area contributed by atoms with Crippen LogP contribution < -0.4 is 10.3 Å². The maximum absolute atomic E-state index is 12.9. The number of fused-ring (bicyclic) bond motifs is 1. The molecular formula is C31H29NO4. The lowest BCUT2D eigenvalue weighted by atomic mass is 9.83. The van der Waals surface area contributed by atoms with Crippen molar-refractivity contribution in [1.29, 1.82) is 0 Å². The third-order valence-electron chi connectivity index (χ3n) is 6.95. The predicted octanol–water partition coefficient (Wildman–Crippen LogP) is 5.30. The minimum atomic E-state index is -0.982. The molecule has 0 spiro atoms. The van der Waals surface area contributed by atoms with Crippen LogP contribution in [0.15, 0.2) is 102 Å². The van der Waals surface area contributed by atoms with Crippen LogP contribution in [-0.2, 0) is 24.2 Å². The summed E-state index contributed by atoms with van der Waals surface area (Å²) >= 11 is 0. The number of ether oxygens (including phenoxy) is 1. The number of benzene rings is 3. The lowest BCUT2D eigenvalue weighted by Gasteiger charge is -2.27. The van der Waals surface area contributed by atoms with Gasteiger partial charge in [-0.1, -0.05) is 78.9 Å². The lowest BCUT2D eigenvalue weighted by Crippen LogP contribution is -2.27. The van der Waals surface area contributed by atoms with Crippen LogP contribution in [0.1, 0.15) is 40.2 Å².